The molecule has 0 radical (unpaired) electrons. The first-order valence-electron chi connectivity index (χ1n) is 6.96. The highest BCUT2D eigenvalue weighted by Crippen LogP contribution is 2.25. The van der Waals surface area contributed by atoms with Gasteiger partial charge in [0.2, 0.25) is 0 Å². The molecule has 0 saturated carbocycles. The van der Waals surface area contributed by atoms with E-state index in [2.05, 4.69) is 5.10 Å². The van der Waals surface area contributed by atoms with Crippen molar-refractivity contribution in [2.24, 2.45) is 7.05 Å². The molecule has 1 aliphatic rings. The van der Waals surface area contributed by atoms with E-state index in [9.17, 15) is 9.59 Å². The lowest BCUT2D eigenvalue weighted by molar-refractivity contribution is -0.137. The van der Waals surface area contributed by atoms with Crippen molar-refractivity contribution in [3.05, 3.63) is 17.5 Å². The summed E-state index contributed by atoms with van der Waals surface area (Å²) < 4.78 is 1.64. The second kappa shape index (κ2) is 5.64. The smallest absolute Gasteiger partial charge is 0.305 e. The maximum absolute atomic E-state index is 12.7. The number of aromatic nitrogens is 2. The number of carbonyl (C=O) groups is 2. The lowest BCUT2D eigenvalue weighted by atomic mass is 10.0. The summed E-state index contributed by atoms with van der Waals surface area (Å²) in [5.41, 5.74) is 1.37. The summed E-state index contributed by atoms with van der Waals surface area (Å²) >= 11 is 0. The van der Waals surface area contributed by atoms with Gasteiger partial charge in [0.25, 0.3) is 5.91 Å². The van der Waals surface area contributed by atoms with E-state index in [1.54, 1.807) is 22.8 Å². The fourth-order valence-corrected chi connectivity index (χ4v) is 2.77. The minimum atomic E-state index is -0.857. The molecule has 0 aromatic carbocycles. The van der Waals surface area contributed by atoms with E-state index in [1.165, 1.54) is 0 Å². The number of rotatable bonds is 4. The van der Waals surface area contributed by atoms with Crippen molar-refractivity contribution in [1.82, 2.24) is 14.7 Å². The minimum absolute atomic E-state index is 0.0169. The van der Waals surface area contributed by atoms with Gasteiger partial charge < -0.3 is 10.0 Å². The summed E-state index contributed by atoms with van der Waals surface area (Å²) in [5, 5.41) is 13.3. The third-order valence-corrected chi connectivity index (χ3v) is 3.68. The fraction of sp³-hybridized carbons (Fsp3) is 0.643. The Morgan fingerprint density at radius 1 is 1.50 bits per heavy atom. The molecule has 110 valence electrons. The van der Waals surface area contributed by atoms with Crippen molar-refractivity contribution in [2.75, 3.05) is 6.54 Å². The minimum Gasteiger partial charge on any atom is -0.481 e. The second-order valence-corrected chi connectivity index (χ2v) is 5.65. The quantitative estimate of drug-likeness (QED) is 0.908. The van der Waals surface area contributed by atoms with Crippen LogP contribution in [-0.2, 0) is 11.8 Å². The summed E-state index contributed by atoms with van der Waals surface area (Å²) in [7, 11) is 1.79. The number of aliphatic carboxylic acids is 1. The standard InChI is InChI=1S/C14H21N3O3/c1-9(2)13-11(8-16(3)15-13)14(20)17-6-4-5-10(17)7-12(18)19/h8-10H,4-7H2,1-3H3,(H,18,19). The summed E-state index contributed by atoms with van der Waals surface area (Å²) in [4.78, 5) is 25.2. The zero-order valence-corrected chi connectivity index (χ0v) is 12.2. The summed E-state index contributed by atoms with van der Waals surface area (Å²) in [6.07, 6.45) is 3.37. The molecule has 1 amide bonds. The predicted molar refractivity (Wildman–Crippen MR) is 73.6 cm³/mol. The van der Waals surface area contributed by atoms with E-state index in [-0.39, 0.29) is 24.3 Å². The molecule has 20 heavy (non-hydrogen) atoms. The van der Waals surface area contributed by atoms with E-state index in [0.29, 0.717) is 12.1 Å². The van der Waals surface area contributed by atoms with Crippen molar-refractivity contribution in [3.63, 3.8) is 0 Å². The van der Waals surface area contributed by atoms with E-state index in [1.807, 2.05) is 13.8 Å². The molecule has 2 heterocycles. The lowest BCUT2D eigenvalue weighted by Crippen LogP contribution is -2.37. The van der Waals surface area contributed by atoms with Crippen molar-refractivity contribution in [2.45, 2.75) is 45.1 Å². The molecule has 0 spiro atoms. The molecule has 1 aromatic heterocycles. The van der Waals surface area contributed by atoms with Crippen molar-refractivity contribution in [3.8, 4) is 0 Å². The van der Waals surface area contributed by atoms with Crippen LogP contribution in [0.25, 0.3) is 0 Å². The number of aryl methyl sites for hydroxylation is 1. The Morgan fingerprint density at radius 3 is 2.80 bits per heavy atom. The Morgan fingerprint density at radius 2 is 2.20 bits per heavy atom. The Labute approximate surface area is 118 Å². The summed E-state index contributed by atoms with van der Waals surface area (Å²) in [5.74, 6) is -0.786. The van der Waals surface area contributed by atoms with E-state index < -0.39 is 5.97 Å². The second-order valence-electron chi connectivity index (χ2n) is 5.65. The predicted octanol–water partition coefficient (Wildman–Crippen LogP) is 1.62. The third-order valence-electron chi connectivity index (χ3n) is 3.68. The van der Waals surface area contributed by atoms with Gasteiger partial charge in [0.05, 0.1) is 17.7 Å². The first-order valence-corrected chi connectivity index (χ1v) is 6.96. The van der Waals surface area contributed by atoms with Gasteiger partial charge in [-0.25, -0.2) is 0 Å². The van der Waals surface area contributed by atoms with Gasteiger partial charge in [-0.2, -0.15) is 5.10 Å². The topological polar surface area (TPSA) is 75.4 Å². The number of amides is 1. The average molecular weight is 279 g/mol. The Bertz CT molecular complexity index is 522. The van der Waals surface area contributed by atoms with Gasteiger partial charge >= 0.3 is 5.97 Å². The van der Waals surface area contributed by atoms with Gasteiger partial charge in [-0.05, 0) is 18.8 Å². The Kier molecular flexibility index (Phi) is 4.11. The summed E-state index contributed by atoms with van der Waals surface area (Å²) in [6.45, 7) is 4.62. The van der Waals surface area contributed by atoms with Crippen LogP contribution in [0.2, 0.25) is 0 Å². The van der Waals surface area contributed by atoms with E-state index in [4.69, 9.17) is 5.11 Å². The highest BCUT2D eigenvalue weighted by molar-refractivity contribution is 5.96. The molecule has 6 nitrogen and oxygen atoms in total. The van der Waals surface area contributed by atoms with E-state index >= 15 is 0 Å². The van der Waals surface area contributed by atoms with Crippen LogP contribution in [0.3, 0.4) is 0 Å². The first-order chi connectivity index (χ1) is 9.40. The molecule has 1 atom stereocenters. The van der Waals surface area contributed by atoms with Crippen LogP contribution < -0.4 is 0 Å². The largest absolute Gasteiger partial charge is 0.481 e. The number of hydrogen-bond acceptors (Lipinski definition) is 3. The zero-order valence-electron chi connectivity index (χ0n) is 12.2. The highest BCUT2D eigenvalue weighted by atomic mass is 16.4. The molecular formula is C14H21N3O3. The monoisotopic (exact) mass is 279 g/mol. The third kappa shape index (κ3) is 2.84. The van der Waals surface area contributed by atoms with E-state index in [0.717, 1.165) is 18.5 Å². The molecule has 1 fully saturated rings. The van der Waals surface area contributed by atoms with Gasteiger partial charge in [0.15, 0.2) is 0 Å². The number of carboxylic acid groups (broad SMARTS) is 1. The molecule has 0 bridgehead atoms. The van der Waals surface area contributed by atoms with Gasteiger partial charge in [0.1, 0.15) is 0 Å². The van der Waals surface area contributed by atoms with Crippen molar-refractivity contribution < 1.29 is 14.7 Å². The number of likely N-dealkylation sites (tertiary alicyclic amines) is 1. The highest BCUT2D eigenvalue weighted by Gasteiger charge is 2.33. The molecule has 0 aliphatic carbocycles. The molecule has 1 saturated heterocycles. The molecule has 1 N–H and O–H groups in total. The van der Waals surface area contributed by atoms with Crippen molar-refractivity contribution in [1.29, 1.82) is 0 Å². The molecule has 6 heteroatoms. The first kappa shape index (κ1) is 14.6. The van der Waals surface area contributed by atoms with Gasteiger partial charge in [0, 0.05) is 25.8 Å². The number of hydrogen-bond donors (Lipinski definition) is 1. The van der Waals surface area contributed by atoms with Crippen LogP contribution in [-0.4, -0.2) is 44.3 Å². The number of carboxylic acids is 1. The molecule has 1 aromatic rings. The molecule has 1 aliphatic heterocycles. The lowest BCUT2D eigenvalue weighted by Gasteiger charge is -2.23. The number of carbonyl (C=O) groups excluding carboxylic acids is 1. The van der Waals surface area contributed by atoms with Crippen LogP contribution >= 0.6 is 0 Å². The van der Waals surface area contributed by atoms with Crippen LogP contribution in [0.1, 0.15) is 55.1 Å². The van der Waals surface area contributed by atoms with Crippen LogP contribution in [0.4, 0.5) is 0 Å². The molecular weight excluding hydrogens is 258 g/mol. The van der Waals surface area contributed by atoms with Crippen LogP contribution in [0.15, 0.2) is 6.20 Å². The van der Waals surface area contributed by atoms with Crippen LogP contribution in [0.5, 0.6) is 0 Å². The molecule has 2 rings (SSSR count). The van der Waals surface area contributed by atoms with Gasteiger partial charge in [-0.3, -0.25) is 14.3 Å². The van der Waals surface area contributed by atoms with Crippen LogP contribution in [0, 0.1) is 0 Å². The average Bonchev–Trinajstić information content (AvgIpc) is 2.94. The fourth-order valence-electron chi connectivity index (χ4n) is 2.77. The molecule has 1 unspecified atom stereocenters. The van der Waals surface area contributed by atoms with Gasteiger partial charge in [-0.15, -0.1) is 0 Å². The van der Waals surface area contributed by atoms with Crippen molar-refractivity contribution >= 4 is 11.9 Å². The summed E-state index contributed by atoms with van der Waals surface area (Å²) in [6, 6.07) is -0.194. The number of nitrogens with zero attached hydrogens (tertiary/aromatic N) is 3. The normalized spacial score (nSPS) is 18.8. The maximum atomic E-state index is 12.7. The van der Waals surface area contributed by atoms with Gasteiger partial charge in [-0.1, -0.05) is 13.8 Å². The SMILES string of the molecule is CC(C)c1nn(C)cc1C(=O)N1CCCC1CC(=O)O. The zero-order chi connectivity index (χ0) is 14.9. The maximum Gasteiger partial charge on any atom is 0.305 e. The Hall–Kier alpha value is -1.85. The Balaban J connectivity index is 2.24.